The van der Waals surface area contributed by atoms with Crippen molar-refractivity contribution in [1.29, 1.82) is 0 Å². The van der Waals surface area contributed by atoms with E-state index in [1.165, 1.54) is 6.07 Å². The predicted molar refractivity (Wildman–Crippen MR) is 111 cm³/mol. The summed E-state index contributed by atoms with van der Waals surface area (Å²) in [4.78, 5) is 26.1. The molecule has 0 fully saturated rings. The van der Waals surface area contributed by atoms with Crippen LogP contribution in [0.4, 0.5) is 27.8 Å². The number of hydrogen-bond donors (Lipinski definition) is 3. The number of carbonyl (C=O) groups excluding carboxylic acids is 1. The van der Waals surface area contributed by atoms with Crippen molar-refractivity contribution in [3.8, 4) is 0 Å². The molecule has 0 saturated carbocycles. The van der Waals surface area contributed by atoms with Crippen LogP contribution in [0.1, 0.15) is 12.5 Å². The van der Waals surface area contributed by atoms with E-state index in [1.807, 2.05) is 53.2 Å². The van der Waals surface area contributed by atoms with Gasteiger partial charge in [-0.25, -0.2) is 13.0 Å². The number of amides is 1. The molecule has 27 heavy (non-hydrogen) atoms. The molecule has 2 rings (SSSR count). The van der Waals surface area contributed by atoms with Crippen molar-refractivity contribution in [2.24, 2.45) is 3.21 Å². The molecule has 10 nitrogen and oxygen atoms in total. The second-order valence-electron chi connectivity index (χ2n) is 5.14. The first kappa shape index (κ1) is 20.4. The molecule has 1 aromatic heterocycles. The number of halogens is 1. The van der Waals surface area contributed by atoms with Crippen molar-refractivity contribution in [2.45, 2.75) is 6.92 Å². The van der Waals surface area contributed by atoms with Crippen molar-refractivity contribution >= 4 is 57.7 Å². The maximum absolute atomic E-state index is 11.6. The van der Waals surface area contributed by atoms with Crippen molar-refractivity contribution in [3.63, 3.8) is 0 Å². The highest BCUT2D eigenvalue weighted by Gasteiger charge is 2.22. The first-order valence-electron chi connectivity index (χ1n) is 7.82. The number of carbonyl (C=O) groups is 1. The minimum absolute atomic E-state index is 0.0340. The van der Waals surface area contributed by atoms with E-state index in [2.05, 4.69) is 18.8 Å². The third-order valence-corrected chi connectivity index (χ3v) is 3.95. The Morgan fingerprint density at radius 2 is 2.11 bits per heavy atom. The topological polar surface area (TPSA) is 145 Å². The Morgan fingerprint density at radius 3 is 2.70 bits per heavy atom. The van der Waals surface area contributed by atoms with Crippen LogP contribution >= 0.6 is 22.9 Å². The third kappa shape index (κ3) is 5.51. The van der Waals surface area contributed by atoms with Crippen LogP contribution in [0, 0.1) is 10.1 Å². The zero-order chi connectivity index (χ0) is 19.8. The molecule has 0 aliphatic rings. The number of rotatable bonds is 7. The minimum atomic E-state index is -0.733. The molecule has 1 heterocycles. The summed E-state index contributed by atoms with van der Waals surface area (Å²) in [6, 6.07) is 10.7. The summed E-state index contributed by atoms with van der Waals surface area (Å²) in [6.07, 6.45) is -0.733. The summed E-state index contributed by atoms with van der Waals surface area (Å²) >= 11 is 1.86. The number of nitro groups is 1. The van der Waals surface area contributed by atoms with Gasteiger partial charge in [0.2, 0.25) is 5.82 Å². The number of nitrogen functional groups attached to an aromatic ring is 1. The van der Waals surface area contributed by atoms with Gasteiger partial charge in [0, 0.05) is 6.07 Å². The van der Waals surface area contributed by atoms with Gasteiger partial charge < -0.3 is 15.8 Å². The van der Waals surface area contributed by atoms with Crippen molar-refractivity contribution in [3.05, 3.63) is 52.1 Å². The maximum atomic E-state index is 11.6. The van der Waals surface area contributed by atoms with Crippen LogP contribution in [0.2, 0.25) is 0 Å². The van der Waals surface area contributed by atoms with Crippen molar-refractivity contribution in [1.82, 2.24) is 4.98 Å². The number of pyridine rings is 1. The third-order valence-electron chi connectivity index (χ3n) is 3.36. The lowest BCUT2D eigenvalue weighted by atomic mass is 10.1. The molecule has 4 N–H and O–H groups in total. The Kier molecular flexibility index (Phi) is 7.28. The first-order valence-corrected chi connectivity index (χ1v) is 8.78. The average Bonchev–Trinajstić information content (AvgIpc) is 2.62. The van der Waals surface area contributed by atoms with E-state index in [0.29, 0.717) is 5.71 Å². The van der Waals surface area contributed by atoms with Gasteiger partial charge in [-0.15, -0.1) is 0 Å². The van der Waals surface area contributed by atoms with Crippen molar-refractivity contribution < 1.29 is 14.5 Å². The molecule has 0 atom stereocenters. The number of nitrogens with zero attached hydrogens (tertiary/aromatic N) is 3. The van der Waals surface area contributed by atoms with E-state index in [4.69, 9.17) is 10.5 Å². The van der Waals surface area contributed by atoms with E-state index < -0.39 is 11.0 Å². The number of nitrogens with one attached hydrogen (secondary N) is 2. The predicted octanol–water partition coefficient (Wildman–Crippen LogP) is 3.39. The van der Waals surface area contributed by atoms with Gasteiger partial charge in [0.25, 0.3) is 0 Å². The van der Waals surface area contributed by atoms with Crippen LogP contribution in [-0.2, 0) is 4.74 Å². The Morgan fingerprint density at radius 1 is 1.41 bits per heavy atom. The Hall–Kier alpha value is -2.96. The second-order valence-corrected chi connectivity index (χ2v) is 5.62. The average molecular weight is 484 g/mol. The van der Waals surface area contributed by atoms with Crippen LogP contribution in [0.5, 0.6) is 0 Å². The Labute approximate surface area is 168 Å². The van der Waals surface area contributed by atoms with E-state index in [9.17, 15) is 14.9 Å². The summed E-state index contributed by atoms with van der Waals surface area (Å²) < 4.78 is 8.95. The van der Waals surface area contributed by atoms with Gasteiger partial charge in [0.05, 0.1) is 46.7 Å². The fourth-order valence-corrected chi connectivity index (χ4v) is 2.66. The highest BCUT2D eigenvalue weighted by molar-refractivity contribution is 14.1. The first-order chi connectivity index (χ1) is 13.0. The molecule has 0 radical (unpaired) electrons. The summed E-state index contributed by atoms with van der Waals surface area (Å²) in [6.45, 7) is 2.03. The van der Waals surface area contributed by atoms with E-state index in [-0.39, 0.29) is 36.2 Å². The molecule has 11 heteroatoms. The molecule has 2 aromatic rings. The van der Waals surface area contributed by atoms with Crippen LogP contribution in [0.25, 0.3) is 0 Å². The Balaban J connectivity index is 2.28. The molecule has 0 unspecified atom stereocenters. The normalized spacial score (nSPS) is 11.0. The molecule has 0 bridgehead atoms. The molecule has 0 spiro atoms. The lowest BCUT2D eigenvalue weighted by Crippen LogP contribution is -2.18. The van der Waals surface area contributed by atoms with Crippen LogP contribution in [0.3, 0.4) is 0 Å². The van der Waals surface area contributed by atoms with Gasteiger partial charge in [0.15, 0.2) is 0 Å². The fraction of sp³-hybridized carbons (Fsp3) is 0.188. The molecular weight excluding hydrogens is 467 g/mol. The largest absolute Gasteiger partial charge is 0.450 e. The Bertz CT molecular complexity index is 859. The molecular formula is C16H17IN6O4. The number of ether oxygens (including phenoxy) is 1. The van der Waals surface area contributed by atoms with Gasteiger partial charge in [0.1, 0.15) is 11.5 Å². The summed E-state index contributed by atoms with van der Waals surface area (Å²) in [5.41, 5.74) is 6.98. The number of hydrogen-bond acceptors (Lipinski definition) is 8. The zero-order valence-corrected chi connectivity index (χ0v) is 16.5. The van der Waals surface area contributed by atoms with Crippen LogP contribution in [-0.4, -0.2) is 34.9 Å². The molecule has 0 aliphatic carbocycles. The SMILES string of the molecule is CCOC(=O)Nc1cc(NCC(=NI)c2ccccc2)c([N+](=O)[O-])c(N)n1. The molecule has 142 valence electrons. The van der Waals surface area contributed by atoms with Crippen molar-refractivity contribution in [2.75, 3.05) is 29.5 Å². The van der Waals surface area contributed by atoms with E-state index >= 15 is 0 Å². The van der Waals surface area contributed by atoms with E-state index in [0.717, 1.165) is 5.56 Å². The fourth-order valence-electron chi connectivity index (χ4n) is 2.21. The van der Waals surface area contributed by atoms with Crippen LogP contribution in [0.15, 0.2) is 39.6 Å². The smallest absolute Gasteiger partial charge is 0.412 e. The molecule has 1 amide bonds. The zero-order valence-electron chi connectivity index (χ0n) is 14.3. The van der Waals surface area contributed by atoms with Gasteiger partial charge in [-0.05, 0) is 12.5 Å². The summed E-state index contributed by atoms with van der Waals surface area (Å²) in [5, 5.41) is 16.7. The summed E-state index contributed by atoms with van der Waals surface area (Å²) in [7, 11) is 0. The van der Waals surface area contributed by atoms with Crippen LogP contribution < -0.4 is 16.4 Å². The van der Waals surface area contributed by atoms with Gasteiger partial charge >= 0.3 is 11.8 Å². The quantitative estimate of drug-likeness (QED) is 0.236. The highest BCUT2D eigenvalue weighted by atomic mass is 127. The number of benzene rings is 1. The second kappa shape index (κ2) is 9.66. The number of anilines is 3. The number of aromatic nitrogens is 1. The maximum Gasteiger partial charge on any atom is 0.412 e. The molecule has 1 aromatic carbocycles. The standard InChI is InChI=1S/C16H17IN6O4/c1-2-27-16(24)21-13-8-11(14(23(25)26)15(18)20-13)19-9-12(22-17)10-6-4-3-5-7-10/h3-8H,2,9H2,1H3,(H4,18,19,20,21,24). The highest BCUT2D eigenvalue weighted by Crippen LogP contribution is 2.32. The number of nitrogens with two attached hydrogens (primary N) is 1. The van der Waals surface area contributed by atoms with Gasteiger partial charge in [-0.3, -0.25) is 15.4 Å². The van der Waals surface area contributed by atoms with Gasteiger partial charge in [-0.1, -0.05) is 30.3 Å². The monoisotopic (exact) mass is 484 g/mol. The molecule has 0 aliphatic heterocycles. The lowest BCUT2D eigenvalue weighted by Gasteiger charge is -2.12. The molecule has 0 saturated heterocycles. The minimum Gasteiger partial charge on any atom is -0.450 e. The summed E-state index contributed by atoms with van der Waals surface area (Å²) in [5.74, 6) is -0.295. The lowest BCUT2D eigenvalue weighted by molar-refractivity contribution is -0.383. The van der Waals surface area contributed by atoms with Gasteiger partial charge in [-0.2, -0.15) is 0 Å². The van der Waals surface area contributed by atoms with E-state index in [1.54, 1.807) is 6.92 Å².